The summed E-state index contributed by atoms with van der Waals surface area (Å²) < 4.78 is 43.7. The average molecular weight is 254 g/mol. The third-order valence-corrected chi connectivity index (χ3v) is 1.02. The van der Waals surface area contributed by atoms with E-state index >= 15 is 0 Å². The molecule has 0 saturated heterocycles. The van der Waals surface area contributed by atoms with Crippen LogP contribution in [0.25, 0.3) is 0 Å². The Hall–Kier alpha value is 0.190. The van der Waals surface area contributed by atoms with Gasteiger partial charge in [0.15, 0.2) is 0 Å². The van der Waals surface area contributed by atoms with Crippen LogP contribution >= 0.6 is 22.6 Å². The molecule has 0 aliphatic rings. The summed E-state index contributed by atoms with van der Waals surface area (Å²) >= 11 is 0.938. The normalized spacial score (nSPS) is 16.7. The number of halogens is 5. The van der Waals surface area contributed by atoms with Crippen LogP contribution in [-0.2, 0) is 0 Å². The lowest BCUT2D eigenvalue weighted by Gasteiger charge is -2.06. The van der Waals surface area contributed by atoms with Gasteiger partial charge in [-0.3, -0.25) is 0 Å². The lowest BCUT2D eigenvalue weighted by Crippen LogP contribution is -2.07. The van der Waals surface area contributed by atoms with Gasteiger partial charge in [-0.2, -0.15) is 8.78 Å². The maximum absolute atomic E-state index is 12.1. The summed E-state index contributed by atoms with van der Waals surface area (Å²) in [6, 6.07) is 0. The van der Waals surface area contributed by atoms with E-state index in [-0.39, 0.29) is 0 Å². The second-order valence-electron chi connectivity index (χ2n) is 1.46. The molecule has 0 nitrogen and oxygen atoms in total. The molecule has 0 amide bonds. The van der Waals surface area contributed by atoms with Gasteiger partial charge in [-0.05, 0) is 29.5 Å². The fourth-order valence-corrected chi connectivity index (χ4v) is 0.370. The molecule has 0 fully saturated rings. The minimum Gasteiger partial charge on any atom is -0.225 e. The zero-order chi connectivity index (χ0) is 7.65. The molecular formula is C4H3F4I. The molecule has 0 aliphatic carbocycles. The summed E-state index contributed by atoms with van der Waals surface area (Å²) in [6.07, 6.45) is -2.60. The minimum atomic E-state index is -2.60. The van der Waals surface area contributed by atoms with Gasteiger partial charge in [0.1, 0.15) is 0 Å². The standard InChI is InChI=1S/C4H3F4I/c1-4(8,9)2(5)3(6)7/h1H3. The molecule has 0 rings (SSSR count). The first-order valence-corrected chi connectivity index (χ1v) is 3.02. The lowest BCUT2D eigenvalue weighted by atomic mass is 10.4. The Balaban J connectivity index is 4.40. The van der Waals surface area contributed by atoms with Crippen LogP contribution in [0, 0.1) is 0 Å². The Morgan fingerprint density at radius 3 is 1.67 bits per heavy atom. The van der Waals surface area contributed by atoms with Crippen molar-refractivity contribution in [2.24, 2.45) is 0 Å². The molecule has 0 aromatic heterocycles. The first-order valence-electron chi connectivity index (χ1n) is 1.94. The molecule has 54 valence electrons. The Morgan fingerprint density at radius 2 is 1.67 bits per heavy atom. The van der Waals surface area contributed by atoms with Crippen LogP contribution in [0.4, 0.5) is 17.6 Å². The second-order valence-corrected chi connectivity index (χ2v) is 3.49. The summed E-state index contributed by atoms with van der Waals surface area (Å²) in [5.41, 5.74) is 0. The summed E-state index contributed by atoms with van der Waals surface area (Å²) in [6.45, 7) is 0.710. The van der Waals surface area contributed by atoms with Gasteiger partial charge in [-0.1, -0.05) is 0 Å². The van der Waals surface area contributed by atoms with Crippen LogP contribution in [0.1, 0.15) is 6.92 Å². The van der Waals surface area contributed by atoms with Crippen molar-refractivity contribution < 1.29 is 17.6 Å². The minimum absolute atomic E-state index is 0.710. The molecule has 0 bridgehead atoms. The van der Waals surface area contributed by atoms with E-state index in [0.717, 1.165) is 22.6 Å². The van der Waals surface area contributed by atoms with Crippen molar-refractivity contribution in [2.75, 3.05) is 0 Å². The van der Waals surface area contributed by atoms with Gasteiger partial charge in [0.05, 0.1) is 0 Å². The molecule has 1 unspecified atom stereocenters. The van der Waals surface area contributed by atoms with Crippen molar-refractivity contribution >= 4 is 22.6 Å². The zero-order valence-corrected chi connectivity index (χ0v) is 6.55. The Labute approximate surface area is 63.1 Å². The predicted octanol–water partition coefficient (Wildman–Crippen LogP) is 3.18. The molecule has 1 atom stereocenters. The van der Waals surface area contributed by atoms with Gasteiger partial charge in [0.25, 0.3) is 0 Å². The maximum atomic E-state index is 12.1. The summed E-state index contributed by atoms with van der Waals surface area (Å²) in [7, 11) is 0. The first-order chi connectivity index (χ1) is 3.85. The molecule has 0 heterocycles. The topological polar surface area (TPSA) is 0 Å². The number of hydrogen-bond donors (Lipinski definition) is 0. The van der Waals surface area contributed by atoms with E-state index in [2.05, 4.69) is 0 Å². The maximum Gasteiger partial charge on any atom is 0.305 e. The van der Waals surface area contributed by atoms with Gasteiger partial charge < -0.3 is 0 Å². The average Bonchev–Trinajstić information content (AvgIpc) is 1.62. The van der Waals surface area contributed by atoms with E-state index in [1.807, 2.05) is 0 Å². The van der Waals surface area contributed by atoms with Crippen LogP contribution in [0.2, 0.25) is 0 Å². The molecule has 0 aromatic rings. The Kier molecular flexibility index (Phi) is 2.91. The Bertz CT molecular complexity index is 130. The van der Waals surface area contributed by atoms with E-state index in [1.54, 1.807) is 0 Å². The van der Waals surface area contributed by atoms with Crippen LogP contribution < -0.4 is 0 Å². The van der Waals surface area contributed by atoms with Crippen molar-refractivity contribution in [2.45, 2.75) is 10.6 Å². The van der Waals surface area contributed by atoms with Gasteiger partial charge in [-0.15, -0.1) is 0 Å². The zero-order valence-electron chi connectivity index (χ0n) is 4.39. The van der Waals surface area contributed by atoms with E-state index in [9.17, 15) is 17.6 Å². The fourth-order valence-electron chi connectivity index (χ4n) is 0.166. The third kappa shape index (κ3) is 3.02. The summed E-state index contributed by atoms with van der Waals surface area (Å²) in [4.78, 5) is 0. The molecule has 0 spiro atoms. The molecular weight excluding hydrogens is 251 g/mol. The van der Waals surface area contributed by atoms with Crippen molar-refractivity contribution in [3.8, 4) is 0 Å². The van der Waals surface area contributed by atoms with Gasteiger partial charge in [0.2, 0.25) is 9.50 Å². The van der Waals surface area contributed by atoms with Crippen molar-refractivity contribution in [1.29, 1.82) is 0 Å². The molecule has 5 heteroatoms. The summed E-state index contributed by atoms with van der Waals surface area (Å²) in [5.74, 6) is -2.01. The van der Waals surface area contributed by atoms with Crippen LogP contribution in [0.5, 0.6) is 0 Å². The van der Waals surface area contributed by atoms with E-state index in [4.69, 9.17) is 0 Å². The molecule has 9 heavy (non-hydrogen) atoms. The predicted molar refractivity (Wildman–Crippen MR) is 33.9 cm³/mol. The van der Waals surface area contributed by atoms with Gasteiger partial charge >= 0.3 is 6.08 Å². The van der Waals surface area contributed by atoms with Crippen LogP contribution in [-0.4, -0.2) is 3.68 Å². The molecule has 0 saturated carbocycles. The number of hydrogen-bond acceptors (Lipinski definition) is 0. The van der Waals surface area contributed by atoms with Crippen LogP contribution in [0.3, 0.4) is 0 Å². The highest BCUT2D eigenvalue weighted by molar-refractivity contribution is 14.1. The van der Waals surface area contributed by atoms with Gasteiger partial charge in [0, 0.05) is 0 Å². The molecule has 0 radical (unpaired) electrons. The molecule has 0 aromatic carbocycles. The van der Waals surface area contributed by atoms with E-state index in [0.29, 0.717) is 6.92 Å². The summed E-state index contributed by atoms with van der Waals surface area (Å²) in [5, 5.41) is 0. The van der Waals surface area contributed by atoms with Crippen molar-refractivity contribution in [1.82, 2.24) is 0 Å². The number of allylic oxidation sites excluding steroid dienone is 1. The Morgan fingerprint density at radius 1 is 1.33 bits per heavy atom. The highest BCUT2D eigenvalue weighted by Gasteiger charge is 2.29. The largest absolute Gasteiger partial charge is 0.305 e. The number of rotatable bonds is 1. The molecule has 0 N–H and O–H groups in total. The number of alkyl halides is 2. The second kappa shape index (κ2) is 2.85. The van der Waals surface area contributed by atoms with E-state index < -0.39 is 15.6 Å². The SMILES string of the molecule is CC(F)(I)C(F)=C(F)F. The van der Waals surface area contributed by atoms with Crippen LogP contribution in [0.15, 0.2) is 11.9 Å². The first kappa shape index (κ1) is 9.19. The quantitative estimate of drug-likeness (QED) is 0.383. The highest BCUT2D eigenvalue weighted by Crippen LogP contribution is 2.32. The molecule has 0 aliphatic heterocycles. The monoisotopic (exact) mass is 254 g/mol. The lowest BCUT2D eigenvalue weighted by molar-refractivity contribution is 0.283. The fraction of sp³-hybridized carbons (Fsp3) is 0.500. The van der Waals surface area contributed by atoms with E-state index in [1.165, 1.54) is 0 Å². The van der Waals surface area contributed by atoms with Crippen molar-refractivity contribution in [3.63, 3.8) is 0 Å². The van der Waals surface area contributed by atoms with Crippen molar-refractivity contribution in [3.05, 3.63) is 11.9 Å². The third-order valence-electron chi connectivity index (χ3n) is 0.551. The van der Waals surface area contributed by atoms with Gasteiger partial charge in [-0.25, -0.2) is 8.78 Å². The smallest absolute Gasteiger partial charge is 0.225 e. The highest BCUT2D eigenvalue weighted by atomic mass is 127.